The third kappa shape index (κ3) is 6.01. The molecule has 0 spiro atoms. The Balaban J connectivity index is 1.85. The van der Waals surface area contributed by atoms with Gasteiger partial charge in [0.25, 0.3) is 11.8 Å². The zero-order valence-corrected chi connectivity index (χ0v) is 15.5. The van der Waals surface area contributed by atoms with Gasteiger partial charge in [-0.25, -0.2) is 0 Å². The van der Waals surface area contributed by atoms with E-state index in [-0.39, 0.29) is 17.9 Å². The summed E-state index contributed by atoms with van der Waals surface area (Å²) in [6.45, 7) is 6.07. The Morgan fingerprint density at radius 3 is 2.27 bits per heavy atom. The maximum Gasteiger partial charge on any atom is 0.253 e. The summed E-state index contributed by atoms with van der Waals surface area (Å²) in [5, 5.41) is 5.71. The molecule has 0 radical (unpaired) electrons. The van der Waals surface area contributed by atoms with Crippen LogP contribution in [0.25, 0.3) is 0 Å². The van der Waals surface area contributed by atoms with Crippen LogP contribution in [-0.4, -0.2) is 24.0 Å². The highest BCUT2D eigenvalue weighted by Crippen LogP contribution is 2.12. The molecule has 2 N–H and O–H groups in total. The van der Waals surface area contributed by atoms with Crippen LogP contribution in [0.1, 0.15) is 43.1 Å². The number of carbonyl (C=O) groups is 2. The van der Waals surface area contributed by atoms with Crippen molar-refractivity contribution in [1.29, 1.82) is 0 Å². The average molecular weight is 354 g/mol. The Morgan fingerprint density at radius 2 is 1.65 bits per heavy atom. The van der Waals surface area contributed by atoms with Gasteiger partial charge >= 0.3 is 0 Å². The monoisotopic (exact) mass is 354 g/mol. The molecule has 2 atom stereocenters. The van der Waals surface area contributed by atoms with Crippen molar-refractivity contribution in [1.82, 2.24) is 5.32 Å². The minimum absolute atomic E-state index is 0.114. The fourth-order valence-electron chi connectivity index (χ4n) is 2.23. The highest BCUT2D eigenvalue weighted by Gasteiger charge is 2.14. The number of carbonyl (C=O) groups excluding carboxylic acids is 2. The number of amides is 2. The van der Waals surface area contributed by atoms with Crippen LogP contribution in [0.3, 0.4) is 0 Å². The first kappa shape index (κ1) is 19.7. The van der Waals surface area contributed by atoms with E-state index in [1.807, 2.05) is 44.2 Å². The molecule has 0 saturated heterocycles. The molecule has 2 aromatic carbocycles. The average Bonchev–Trinajstić information content (AvgIpc) is 2.67. The lowest BCUT2D eigenvalue weighted by molar-refractivity contribution is -0.127. The molecule has 0 aliphatic rings. The van der Waals surface area contributed by atoms with Gasteiger partial charge in [0.2, 0.25) is 0 Å². The van der Waals surface area contributed by atoms with Crippen LogP contribution in [0.15, 0.2) is 54.6 Å². The lowest BCUT2D eigenvalue weighted by Gasteiger charge is -2.14. The van der Waals surface area contributed by atoms with Crippen LogP contribution in [-0.2, 0) is 16.1 Å². The smallest absolute Gasteiger partial charge is 0.253 e. The molecule has 0 aliphatic carbocycles. The first-order chi connectivity index (χ1) is 12.5. The van der Waals surface area contributed by atoms with E-state index < -0.39 is 6.10 Å². The van der Waals surface area contributed by atoms with Crippen LogP contribution < -0.4 is 10.6 Å². The van der Waals surface area contributed by atoms with Gasteiger partial charge in [0.05, 0.1) is 6.61 Å². The van der Waals surface area contributed by atoms with Crippen molar-refractivity contribution >= 4 is 17.5 Å². The number of ether oxygens (including phenoxy) is 1. The number of nitrogens with one attached hydrogen (secondary N) is 2. The number of rotatable bonds is 8. The largest absolute Gasteiger partial charge is 0.364 e. The molecule has 0 heterocycles. The van der Waals surface area contributed by atoms with Crippen molar-refractivity contribution in [3.05, 3.63) is 65.7 Å². The third-order valence-corrected chi connectivity index (χ3v) is 4.12. The molecular weight excluding hydrogens is 328 g/mol. The number of anilines is 1. The Morgan fingerprint density at radius 1 is 1.00 bits per heavy atom. The fraction of sp³-hybridized carbons (Fsp3) is 0.333. The van der Waals surface area contributed by atoms with Crippen molar-refractivity contribution in [2.24, 2.45) is 0 Å². The Labute approximate surface area is 154 Å². The topological polar surface area (TPSA) is 67.4 Å². The quantitative estimate of drug-likeness (QED) is 0.758. The highest BCUT2D eigenvalue weighted by molar-refractivity contribution is 5.96. The molecule has 2 rings (SSSR count). The zero-order valence-electron chi connectivity index (χ0n) is 15.5. The van der Waals surface area contributed by atoms with Gasteiger partial charge in [-0.15, -0.1) is 0 Å². The molecule has 138 valence electrons. The third-order valence-electron chi connectivity index (χ3n) is 4.12. The molecule has 26 heavy (non-hydrogen) atoms. The molecule has 2 unspecified atom stereocenters. The fourth-order valence-corrected chi connectivity index (χ4v) is 2.23. The van der Waals surface area contributed by atoms with E-state index in [1.54, 1.807) is 31.2 Å². The Bertz CT molecular complexity index is 714. The number of hydrogen-bond acceptors (Lipinski definition) is 3. The van der Waals surface area contributed by atoms with E-state index in [4.69, 9.17) is 4.74 Å². The normalized spacial score (nSPS) is 12.9. The molecule has 0 aromatic heterocycles. The highest BCUT2D eigenvalue weighted by atomic mass is 16.5. The number of hydrogen-bond donors (Lipinski definition) is 2. The maximum absolute atomic E-state index is 12.2. The van der Waals surface area contributed by atoms with E-state index in [9.17, 15) is 9.59 Å². The second kappa shape index (κ2) is 9.73. The van der Waals surface area contributed by atoms with Gasteiger partial charge in [-0.05, 0) is 50.1 Å². The standard InChI is InChI=1S/C21H26N2O3/c1-4-15(2)22-21(25)18-10-12-19(13-11-18)23-20(24)16(3)26-14-17-8-6-5-7-9-17/h5-13,15-16H,4,14H2,1-3H3,(H,22,25)(H,23,24). The lowest BCUT2D eigenvalue weighted by Crippen LogP contribution is -2.31. The van der Waals surface area contributed by atoms with Crippen LogP contribution in [0.2, 0.25) is 0 Å². The van der Waals surface area contributed by atoms with E-state index in [0.717, 1.165) is 12.0 Å². The summed E-state index contributed by atoms with van der Waals surface area (Å²) in [5.74, 6) is -0.338. The molecule has 5 nitrogen and oxygen atoms in total. The molecule has 2 amide bonds. The Hall–Kier alpha value is -2.66. The van der Waals surface area contributed by atoms with Crippen molar-refractivity contribution in [3.8, 4) is 0 Å². The van der Waals surface area contributed by atoms with Crippen molar-refractivity contribution < 1.29 is 14.3 Å². The molecule has 0 saturated carbocycles. The van der Waals surface area contributed by atoms with Gasteiger partial charge in [-0.1, -0.05) is 37.3 Å². The summed E-state index contributed by atoms with van der Waals surface area (Å²) in [6.07, 6.45) is 0.296. The van der Waals surface area contributed by atoms with Crippen molar-refractivity contribution in [3.63, 3.8) is 0 Å². The van der Waals surface area contributed by atoms with Gasteiger partial charge in [0.1, 0.15) is 6.10 Å². The SMILES string of the molecule is CCC(C)NC(=O)c1ccc(NC(=O)C(C)OCc2ccccc2)cc1. The van der Waals surface area contributed by atoms with E-state index in [2.05, 4.69) is 10.6 Å². The Kier molecular flexibility index (Phi) is 7.36. The number of benzene rings is 2. The van der Waals surface area contributed by atoms with E-state index in [0.29, 0.717) is 17.9 Å². The maximum atomic E-state index is 12.2. The van der Waals surface area contributed by atoms with Gasteiger partial charge in [0.15, 0.2) is 0 Å². The zero-order chi connectivity index (χ0) is 18.9. The van der Waals surface area contributed by atoms with Crippen LogP contribution in [0, 0.1) is 0 Å². The minimum Gasteiger partial charge on any atom is -0.364 e. The second-order valence-corrected chi connectivity index (χ2v) is 6.29. The minimum atomic E-state index is -0.580. The van der Waals surface area contributed by atoms with Gasteiger partial charge < -0.3 is 15.4 Å². The molecular formula is C21H26N2O3. The predicted molar refractivity (Wildman–Crippen MR) is 103 cm³/mol. The van der Waals surface area contributed by atoms with Crippen molar-refractivity contribution in [2.45, 2.75) is 45.9 Å². The summed E-state index contributed by atoms with van der Waals surface area (Å²) in [6, 6.07) is 16.7. The summed E-state index contributed by atoms with van der Waals surface area (Å²) < 4.78 is 5.60. The van der Waals surface area contributed by atoms with Crippen LogP contribution in [0.5, 0.6) is 0 Å². The summed E-state index contributed by atoms with van der Waals surface area (Å²) >= 11 is 0. The van der Waals surface area contributed by atoms with Gasteiger partial charge in [-0.2, -0.15) is 0 Å². The van der Waals surface area contributed by atoms with Gasteiger partial charge in [-0.3, -0.25) is 9.59 Å². The molecule has 5 heteroatoms. The molecule has 0 bridgehead atoms. The predicted octanol–water partition coefficient (Wildman–Crippen LogP) is 3.76. The lowest BCUT2D eigenvalue weighted by atomic mass is 10.1. The van der Waals surface area contributed by atoms with Crippen molar-refractivity contribution in [2.75, 3.05) is 5.32 Å². The molecule has 2 aromatic rings. The first-order valence-corrected chi connectivity index (χ1v) is 8.87. The summed E-state index contributed by atoms with van der Waals surface area (Å²) in [7, 11) is 0. The van der Waals surface area contributed by atoms with Gasteiger partial charge in [0, 0.05) is 17.3 Å². The molecule has 0 aliphatic heterocycles. The van der Waals surface area contributed by atoms with E-state index >= 15 is 0 Å². The summed E-state index contributed by atoms with van der Waals surface area (Å²) in [5.41, 5.74) is 2.21. The first-order valence-electron chi connectivity index (χ1n) is 8.87. The molecule has 0 fully saturated rings. The van der Waals surface area contributed by atoms with Crippen LogP contribution in [0.4, 0.5) is 5.69 Å². The second-order valence-electron chi connectivity index (χ2n) is 6.29. The van der Waals surface area contributed by atoms with E-state index in [1.165, 1.54) is 0 Å². The van der Waals surface area contributed by atoms with Crippen LogP contribution >= 0.6 is 0 Å². The summed E-state index contributed by atoms with van der Waals surface area (Å²) in [4.78, 5) is 24.3.